The maximum atomic E-state index is 4.72. The highest BCUT2D eigenvalue weighted by atomic mass is 32.1. The first-order valence-corrected chi connectivity index (χ1v) is 7.66. The van der Waals surface area contributed by atoms with Gasteiger partial charge in [0.05, 0.1) is 28.2 Å². The molecule has 0 bridgehead atoms. The van der Waals surface area contributed by atoms with Gasteiger partial charge in [-0.15, -0.1) is 22.7 Å². The number of nitrogens with one attached hydrogen (secondary N) is 1. The molecule has 0 spiro atoms. The smallest absolute Gasteiger partial charge is 0.0997 e. The van der Waals surface area contributed by atoms with E-state index in [1.807, 2.05) is 6.92 Å². The van der Waals surface area contributed by atoms with Crippen LogP contribution in [0.4, 0.5) is 0 Å². The minimum absolute atomic E-state index is 0.484. The van der Waals surface area contributed by atoms with E-state index in [0.29, 0.717) is 6.04 Å². The van der Waals surface area contributed by atoms with Gasteiger partial charge in [0.15, 0.2) is 0 Å². The minimum atomic E-state index is 0.484. The Morgan fingerprint density at radius 2 is 2.12 bits per heavy atom. The fraction of sp³-hybridized carbons (Fsp3) is 0.500. The van der Waals surface area contributed by atoms with Gasteiger partial charge in [0, 0.05) is 16.5 Å². The molecule has 3 heterocycles. The monoisotopic (exact) mass is 265 g/mol. The quantitative estimate of drug-likeness (QED) is 0.927. The van der Waals surface area contributed by atoms with Gasteiger partial charge in [-0.1, -0.05) is 0 Å². The molecule has 1 atom stereocenters. The van der Waals surface area contributed by atoms with E-state index >= 15 is 0 Å². The molecule has 0 aliphatic carbocycles. The molecule has 2 aromatic rings. The van der Waals surface area contributed by atoms with Crippen LogP contribution in [-0.2, 0) is 6.42 Å². The molecule has 1 saturated heterocycles. The first-order valence-electron chi connectivity index (χ1n) is 5.90. The summed E-state index contributed by atoms with van der Waals surface area (Å²) in [5.41, 5.74) is 2.33. The molecule has 1 unspecified atom stereocenters. The van der Waals surface area contributed by atoms with Crippen molar-refractivity contribution in [3.05, 3.63) is 32.2 Å². The topological polar surface area (TPSA) is 37.8 Å². The summed E-state index contributed by atoms with van der Waals surface area (Å²) in [4.78, 5) is 9.20. The highest BCUT2D eigenvalue weighted by molar-refractivity contribution is 7.11. The summed E-state index contributed by atoms with van der Waals surface area (Å²) in [7, 11) is 0. The zero-order chi connectivity index (χ0) is 11.7. The standard InChI is InChI=1S/C12H15N3S2/c1-8-6-16-11(14-8)5-12-15-10(7-17-12)9-3-2-4-13-9/h6-7,9,13H,2-5H2,1H3. The van der Waals surface area contributed by atoms with Crippen LogP contribution in [0.3, 0.4) is 0 Å². The number of rotatable bonds is 3. The van der Waals surface area contributed by atoms with Crippen LogP contribution in [0, 0.1) is 6.92 Å². The van der Waals surface area contributed by atoms with Crippen molar-refractivity contribution >= 4 is 22.7 Å². The largest absolute Gasteiger partial charge is 0.309 e. The van der Waals surface area contributed by atoms with Gasteiger partial charge in [-0.05, 0) is 26.3 Å². The summed E-state index contributed by atoms with van der Waals surface area (Å²) in [6.07, 6.45) is 3.37. The molecular formula is C12H15N3S2. The molecule has 0 radical (unpaired) electrons. The number of thiazole rings is 2. The van der Waals surface area contributed by atoms with E-state index < -0.39 is 0 Å². The Kier molecular flexibility index (Phi) is 3.22. The van der Waals surface area contributed by atoms with Crippen molar-refractivity contribution in [3.8, 4) is 0 Å². The zero-order valence-corrected chi connectivity index (χ0v) is 11.4. The van der Waals surface area contributed by atoms with Gasteiger partial charge >= 0.3 is 0 Å². The van der Waals surface area contributed by atoms with E-state index in [2.05, 4.69) is 21.1 Å². The Hall–Kier alpha value is -0.780. The average Bonchev–Trinajstić information content (AvgIpc) is 3.00. The summed E-state index contributed by atoms with van der Waals surface area (Å²) in [6.45, 7) is 3.17. The van der Waals surface area contributed by atoms with Gasteiger partial charge in [0.25, 0.3) is 0 Å². The van der Waals surface area contributed by atoms with Crippen LogP contribution in [0.5, 0.6) is 0 Å². The number of aryl methyl sites for hydroxylation is 1. The predicted molar refractivity (Wildman–Crippen MR) is 71.7 cm³/mol. The summed E-state index contributed by atoms with van der Waals surface area (Å²) >= 11 is 3.48. The predicted octanol–water partition coefficient (Wildman–Crippen LogP) is 2.92. The third-order valence-corrected chi connectivity index (χ3v) is 4.79. The van der Waals surface area contributed by atoms with Crippen LogP contribution in [-0.4, -0.2) is 16.5 Å². The second-order valence-corrected chi connectivity index (χ2v) is 6.26. The Labute approximate surface area is 109 Å². The third kappa shape index (κ3) is 2.56. The molecule has 17 heavy (non-hydrogen) atoms. The second kappa shape index (κ2) is 4.84. The van der Waals surface area contributed by atoms with E-state index in [-0.39, 0.29) is 0 Å². The zero-order valence-electron chi connectivity index (χ0n) is 9.77. The molecule has 1 aliphatic rings. The van der Waals surface area contributed by atoms with Gasteiger partial charge in [-0.25, -0.2) is 9.97 Å². The fourth-order valence-electron chi connectivity index (χ4n) is 2.12. The molecule has 3 nitrogen and oxygen atoms in total. The van der Waals surface area contributed by atoms with E-state index in [4.69, 9.17) is 4.98 Å². The average molecular weight is 265 g/mol. The fourth-order valence-corrected chi connectivity index (χ4v) is 3.84. The van der Waals surface area contributed by atoms with Crippen LogP contribution >= 0.6 is 22.7 Å². The Morgan fingerprint density at radius 1 is 1.29 bits per heavy atom. The van der Waals surface area contributed by atoms with E-state index in [9.17, 15) is 0 Å². The Morgan fingerprint density at radius 3 is 2.82 bits per heavy atom. The van der Waals surface area contributed by atoms with Crippen LogP contribution in [0.25, 0.3) is 0 Å². The van der Waals surface area contributed by atoms with Crippen molar-refractivity contribution in [2.45, 2.75) is 32.2 Å². The molecule has 0 amide bonds. The molecular weight excluding hydrogens is 250 g/mol. The summed E-state index contributed by atoms with van der Waals surface area (Å²) in [6, 6.07) is 0.484. The number of hydrogen-bond acceptors (Lipinski definition) is 5. The lowest BCUT2D eigenvalue weighted by atomic mass is 10.2. The summed E-state index contributed by atoms with van der Waals surface area (Å²) in [5.74, 6) is 0. The third-order valence-electron chi connectivity index (χ3n) is 2.96. The van der Waals surface area contributed by atoms with Crippen LogP contribution < -0.4 is 5.32 Å². The van der Waals surface area contributed by atoms with Crippen LogP contribution in [0.1, 0.15) is 40.3 Å². The van der Waals surface area contributed by atoms with Crippen molar-refractivity contribution in [2.24, 2.45) is 0 Å². The normalized spacial score (nSPS) is 19.9. The van der Waals surface area contributed by atoms with Gasteiger partial charge in [-0.3, -0.25) is 0 Å². The highest BCUT2D eigenvalue weighted by Crippen LogP contribution is 2.25. The molecule has 90 valence electrons. The molecule has 3 rings (SSSR count). The number of hydrogen-bond donors (Lipinski definition) is 1. The maximum Gasteiger partial charge on any atom is 0.0997 e. The Balaban J connectivity index is 1.71. The van der Waals surface area contributed by atoms with Crippen LogP contribution in [0.15, 0.2) is 10.8 Å². The van der Waals surface area contributed by atoms with Crippen molar-refractivity contribution in [3.63, 3.8) is 0 Å². The van der Waals surface area contributed by atoms with Gasteiger partial charge in [0.1, 0.15) is 0 Å². The molecule has 1 aliphatic heterocycles. The lowest BCUT2D eigenvalue weighted by molar-refractivity contribution is 0.630. The maximum absolute atomic E-state index is 4.72. The van der Waals surface area contributed by atoms with E-state index in [0.717, 1.165) is 18.7 Å². The van der Waals surface area contributed by atoms with E-state index in [1.165, 1.54) is 28.6 Å². The number of aromatic nitrogens is 2. The lowest BCUT2D eigenvalue weighted by Crippen LogP contribution is -2.13. The summed E-state index contributed by atoms with van der Waals surface area (Å²) < 4.78 is 0. The highest BCUT2D eigenvalue weighted by Gasteiger charge is 2.19. The number of nitrogens with zero attached hydrogens (tertiary/aromatic N) is 2. The summed E-state index contributed by atoms with van der Waals surface area (Å²) in [5, 5.41) is 10.1. The SMILES string of the molecule is Cc1csc(Cc2nc(C3CCCN3)cs2)n1. The first kappa shape index (κ1) is 11.3. The lowest BCUT2D eigenvalue weighted by Gasteiger charge is -2.04. The van der Waals surface area contributed by atoms with Crippen molar-refractivity contribution < 1.29 is 0 Å². The van der Waals surface area contributed by atoms with Crippen molar-refractivity contribution in [1.29, 1.82) is 0 Å². The van der Waals surface area contributed by atoms with Gasteiger partial charge in [-0.2, -0.15) is 0 Å². The minimum Gasteiger partial charge on any atom is -0.309 e. The molecule has 0 saturated carbocycles. The van der Waals surface area contributed by atoms with Gasteiger partial charge < -0.3 is 5.32 Å². The van der Waals surface area contributed by atoms with E-state index in [1.54, 1.807) is 22.7 Å². The molecule has 1 N–H and O–H groups in total. The molecule has 2 aromatic heterocycles. The molecule has 1 fully saturated rings. The molecule has 0 aromatic carbocycles. The van der Waals surface area contributed by atoms with Gasteiger partial charge in [0.2, 0.25) is 0 Å². The Bertz CT molecular complexity index is 497. The van der Waals surface area contributed by atoms with Crippen LogP contribution in [0.2, 0.25) is 0 Å². The van der Waals surface area contributed by atoms with Crippen molar-refractivity contribution in [1.82, 2.24) is 15.3 Å². The van der Waals surface area contributed by atoms with Crippen molar-refractivity contribution in [2.75, 3.05) is 6.54 Å². The second-order valence-electron chi connectivity index (χ2n) is 4.37. The molecule has 5 heteroatoms. The first-order chi connectivity index (χ1) is 8.31.